The highest BCUT2D eigenvalue weighted by atomic mass is 16.6. The molecule has 0 saturated heterocycles. The minimum Gasteiger partial charge on any atom is -0.489 e. The molecule has 88 heavy (non-hydrogen) atoms. The van der Waals surface area contributed by atoms with Crippen LogP contribution in [-0.4, -0.2) is 82.8 Å². The van der Waals surface area contributed by atoms with Gasteiger partial charge >= 0.3 is 23.9 Å². The minimum absolute atomic E-state index is 0.0107. The lowest BCUT2D eigenvalue weighted by atomic mass is 9.78. The molecule has 482 valence electrons. The molecule has 12 heteroatoms. The Labute approximate surface area is 528 Å². The molecule has 12 nitrogen and oxygen atoms in total. The maximum absolute atomic E-state index is 12.8. The van der Waals surface area contributed by atoms with E-state index in [2.05, 4.69) is 103 Å². The van der Waals surface area contributed by atoms with Gasteiger partial charge in [-0.2, -0.15) is 0 Å². The van der Waals surface area contributed by atoms with Crippen LogP contribution in [-0.2, 0) is 87.8 Å². The third-order valence-corrected chi connectivity index (χ3v) is 16.0. The van der Waals surface area contributed by atoms with Crippen molar-refractivity contribution in [1.29, 1.82) is 0 Å². The Morgan fingerprint density at radius 3 is 1.07 bits per heavy atom. The van der Waals surface area contributed by atoms with Gasteiger partial charge in [0.15, 0.2) is 0 Å². The van der Waals surface area contributed by atoms with Crippen molar-refractivity contribution < 1.29 is 57.1 Å². The summed E-state index contributed by atoms with van der Waals surface area (Å²) in [6.07, 6.45) is 27.1. The zero-order valence-corrected chi connectivity index (χ0v) is 55.1. The third-order valence-electron chi connectivity index (χ3n) is 16.0. The number of esters is 4. The number of ether oxygens (including phenoxy) is 8. The Balaban J connectivity index is 1.91. The molecule has 0 radical (unpaired) electrons. The maximum Gasteiger partial charge on any atom is 0.333 e. The highest BCUT2D eigenvalue weighted by Gasteiger charge is 2.33. The largest absolute Gasteiger partial charge is 0.489 e. The number of hydrogen-bond donors (Lipinski definition) is 0. The number of benzene rings is 3. The topological polar surface area (TPSA) is 142 Å². The molecule has 2 aliphatic carbocycles. The van der Waals surface area contributed by atoms with Crippen LogP contribution in [0.4, 0.5) is 0 Å². The fourth-order valence-corrected chi connectivity index (χ4v) is 11.5. The molecular formula is C76H106O12. The van der Waals surface area contributed by atoms with Crippen LogP contribution in [0.25, 0.3) is 0 Å². The summed E-state index contributed by atoms with van der Waals surface area (Å²) in [6, 6.07) is 13.8. The number of fused-ring (bicyclic) bond motifs is 8. The van der Waals surface area contributed by atoms with Crippen LogP contribution in [0.15, 0.2) is 108 Å². The van der Waals surface area contributed by atoms with Crippen molar-refractivity contribution in [3.05, 3.63) is 158 Å². The standard InChI is InChI=1S/C76H106O12/c1-13-17-21-25-29-57-41-61-49-63-43-58(30-26-22-18-14-2)45-65(70(63)82-34-38-86-74(78)54(7)8)51-67-47-60(32-28-24-20-16-4)48-68(72(67)84-36-40-88-76(80)56(11)12)52-66-46-59(31-27-23-19-15-3)44-64(71(66)83-35-39-87-75(79)55(9)10)50-62(42-57)69(61)81-33-37-85-73(77)53(5)6/h41-48,61,69H,5,7,9,11,13-40,49-52H2,1-4,6,8,10,12H3. The van der Waals surface area contributed by atoms with E-state index in [9.17, 15) is 19.2 Å². The quantitative estimate of drug-likeness (QED) is 0.0231. The average Bonchev–Trinajstić information content (AvgIpc) is 2.25. The van der Waals surface area contributed by atoms with E-state index in [-0.39, 0.29) is 58.8 Å². The zero-order chi connectivity index (χ0) is 63.8. The third kappa shape index (κ3) is 24.4. The molecule has 2 aliphatic rings. The van der Waals surface area contributed by atoms with Gasteiger partial charge in [-0.3, -0.25) is 0 Å². The smallest absolute Gasteiger partial charge is 0.333 e. The minimum atomic E-state index is -0.483. The lowest BCUT2D eigenvalue weighted by Gasteiger charge is -2.33. The molecule has 2 unspecified atom stereocenters. The molecule has 5 rings (SSSR count). The molecule has 0 saturated carbocycles. The fourth-order valence-electron chi connectivity index (χ4n) is 11.5. The van der Waals surface area contributed by atoms with Crippen LogP contribution in [0.3, 0.4) is 0 Å². The van der Waals surface area contributed by atoms with E-state index >= 15 is 0 Å². The first-order chi connectivity index (χ1) is 42.5. The van der Waals surface area contributed by atoms with Crippen molar-refractivity contribution in [2.75, 3.05) is 52.9 Å². The van der Waals surface area contributed by atoms with E-state index in [0.717, 1.165) is 173 Å². The number of allylic oxidation sites excluding steroid dienone is 2. The molecule has 0 aromatic heterocycles. The van der Waals surface area contributed by atoms with Gasteiger partial charge in [0.05, 0.1) is 12.7 Å². The van der Waals surface area contributed by atoms with E-state index < -0.39 is 30.0 Å². The first-order valence-electron chi connectivity index (χ1n) is 33.1. The van der Waals surface area contributed by atoms with Gasteiger partial charge < -0.3 is 37.9 Å². The normalized spacial score (nSPS) is 14.4. The highest BCUT2D eigenvalue weighted by molar-refractivity contribution is 5.88. The molecule has 0 spiro atoms. The lowest BCUT2D eigenvalue weighted by Crippen LogP contribution is -2.32. The van der Waals surface area contributed by atoms with Crippen LogP contribution >= 0.6 is 0 Å². The summed E-state index contributed by atoms with van der Waals surface area (Å²) >= 11 is 0. The molecule has 0 N–H and O–H groups in total. The molecule has 8 bridgehead atoms. The molecule has 0 fully saturated rings. The van der Waals surface area contributed by atoms with Crippen LogP contribution in [0, 0.1) is 5.92 Å². The second-order valence-electron chi connectivity index (χ2n) is 24.3. The zero-order valence-electron chi connectivity index (χ0n) is 55.1. The summed E-state index contributed by atoms with van der Waals surface area (Å²) in [7, 11) is 0. The van der Waals surface area contributed by atoms with Crippen molar-refractivity contribution in [2.45, 2.75) is 216 Å². The summed E-state index contributed by atoms with van der Waals surface area (Å²) in [5, 5.41) is 0. The number of rotatable bonds is 40. The lowest BCUT2D eigenvalue weighted by molar-refractivity contribution is -0.141. The van der Waals surface area contributed by atoms with Crippen molar-refractivity contribution in [2.24, 2.45) is 5.92 Å². The highest BCUT2D eigenvalue weighted by Crippen LogP contribution is 2.42. The summed E-state index contributed by atoms with van der Waals surface area (Å²) in [4.78, 5) is 51.3. The number of unbranched alkanes of at least 4 members (excludes halogenated alkanes) is 12. The Kier molecular flexibility index (Phi) is 32.2. The van der Waals surface area contributed by atoms with Crippen LogP contribution in [0.2, 0.25) is 0 Å². The summed E-state index contributed by atoms with van der Waals surface area (Å²) < 4.78 is 51.0. The summed E-state index contributed by atoms with van der Waals surface area (Å²) in [5.74, 6) is -0.00396. The van der Waals surface area contributed by atoms with Gasteiger partial charge in [0.25, 0.3) is 0 Å². The van der Waals surface area contributed by atoms with Crippen molar-refractivity contribution >= 4 is 23.9 Å². The van der Waals surface area contributed by atoms with E-state index in [1.165, 1.54) is 22.3 Å². The van der Waals surface area contributed by atoms with E-state index in [1.54, 1.807) is 27.7 Å². The Morgan fingerprint density at radius 2 is 0.716 bits per heavy atom. The van der Waals surface area contributed by atoms with E-state index in [4.69, 9.17) is 37.9 Å². The van der Waals surface area contributed by atoms with Gasteiger partial charge in [-0.25, -0.2) is 19.2 Å². The Hall–Kier alpha value is -6.66. The second kappa shape index (κ2) is 39.4. The summed E-state index contributed by atoms with van der Waals surface area (Å²) in [5.41, 5.74) is 13.0. The molecule has 3 aromatic carbocycles. The number of carbonyl (C=O) groups excluding carboxylic acids is 4. The molecule has 0 amide bonds. The predicted molar refractivity (Wildman–Crippen MR) is 354 cm³/mol. The van der Waals surface area contributed by atoms with Crippen molar-refractivity contribution in [3.63, 3.8) is 0 Å². The van der Waals surface area contributed by atoms with Crippen LogP contribution < -0.4 is 14.2 Å². The molecule has 0 aliphatic heterocycles. The first kappa shape index (κ1) is 72.1. The van der Waals surface area contributed by atoms with Gasteiger partial charge in [-0.15, -0.1) is 0 Å². The first-order valence-corrected chi connectivity index (χ1v) is 33.1. The number of hydrogen-bond acceptors (Lipinski definition) is 12. The summed E-state index contributed by atoms with van der Waals surface area (Å²) in [6.45, 7) is 31.2. The molecular weight excluding hydrogens is 1100 g/mol. The van der Waals surface area contributed by atoms with Gasteiger partial charge in [0.1, 0.15) is 63.5 Å². The SMILES string of the molecule is C=C(C)C(=O)OCCOc1c2cc(CCCCCC)cc1Cc1cc(CCCCCC)cc(c1OCCOC(=O)C(=C)C)Cc1cc(CCCCCC)cc(c1OCCOC(=O)C(=C)C)CC1C=C(CCCCCC)C=C(C2)C1OCCOC(=O)C(=C)C. The van der Waals surface area contributed by atoms with Crippen molar-refractivity contribution in [3.8, 4) is 17.2 Å². The Morgan fingerprint density at radius 1 is 0.398 bits per heavy atom. The van der Waals surface area contributed by atoms with Gasteiger partial charge in [-0.05, 0) is 148 Å². The van der Waals surface area contributed by atoms with E-state index in [1.807, 2.05) is 0 Å². The fraction of sp³-hybridized carbons (Fsp3) is 0.553. The van der Waals surface area contributed by atoms with Crippen LogP contribution in [0.5, 0.6) is 17.2 Å². The van der Waals surface area contributed by atoms with Crippen molar-refractivity contribution in [1.82, 2.24) is 0 Å². The molecule has 0 heterocycles. The van der Waals surface area contributed by atoms with E-state index in [0.29, 0.717) is 59.5 Å². The monoisotopic (exact) mass is 1210 g/mol. The van der Waals surface area contributed by atoms with Gasteiger partial charge in [0, 0.05) is 41.1 Å². The van der Waals surface area contributed by atoms with Gasteiger partial charge in [0.2, 0.25) is 0 Å². The Bertz CT molecular complexity index is 2880. The average molecular weight is 1210 g/mol. The van der Waals surface area contributed by atoms with Crippen LogP contribution in [0.1, 0.15) is 215 Å². The molecule has 3 aromatic rings. The predicted octanol–water partition coefficient (Wildman–Crippen LogP) is 16.8. The second-order valence-corrected chi connectivity index (χ2v) is 24.3. The maximum atomic E-state index is 12.8. The van der Waals surface area contributed by atoms with Gasteiger partial charge in [-0.1, -0.05) is 185 Å². The number of aryl methyl sites for hydroxylation is 3. The molecule has 2 atom stereocenters. The number of carbonyl (C=O) groups is 4.